The molecule has 1 N–H and O–H groups in total. The maximum atomic E-state index is 11.6. The second-order valence-corrected chi connectivity index (χ2v) is 4.48. The van der Waals surface area contributed by atoms with Crippen molar-refractivity contribution < 1.29 is 0 Å². The number of hydrogen-bond acceptors (Lipinski definition) is 3. The molecule has 76 valence electrons. The molecule has 0 saturated heterocycles. The number of para-hydroxylation sites is 1. The Kier molecular flexibility index (Phi) is 1.92. The van der Waals surface area contributed by atoms with Crippen LogP contribution in [0.3, 0.4) is 0 Å². The molecule has 5 heteroatoms. The number of thioether (sulfide) groups is 1. The summed E-state index contributed by atoms with van der Waals surface area (Å²) in [5, 5.41) is 6.52. The van der Waals surface area contributed by atoms with Crippen molar-refractivity contribution in [3.05, 3.63) is 40.6 Å². The molecule has 0 aliphatic carbocycles. The zero-order valence-corrected chi connectivity index (χ0v) is 8.75. The van der Waals surface area contributed by atoms with E-state index < -0.39 is 0 Å². The van der Waals surface area contributed by atoms with Crippen LogP contribution in [0.1, 0.15) is 5.82 Å². The molecule has 1 aliphatic rings. The number of nitrogens with zero attached hydrogens (tertiary/aromatic N) is 2. The van der Waals surface area contributed by atoms with Gasteiger partial charge in [0.25, 0.3) is 0 Å². The van der Waals surface area contributed by atoms with Crippen molar-refractivity contribution in [3.63, 3.8) is 0 Å². The van der Waals surface area contributed by atoms with E-state index in [1.807, 2.05) is 24.3 Å². The lowest BCUT2D eigenvalue weighted by Crippen LogP contribution is -2.16. The zero-order chi connectivity index (χ0) is 10.3. The van der Waals surface area contributed by atoms with Gasteiger partial charge in [-0.05, 0) is 12.1 Å². The SMILES string of the molecule is O=c1[nH]nc2n1-c1ccccc1SCC2. The number of benzene rings is 1. The highest BCUT2D eigenvalue weighted by atomic mass is 32.2. The van der Waals surface area contributed by atoms with Crippen LogP contribution in [0.15, 0.2) is 34.0 Å². The molecular weight excluding hydrogens is 210 g/mol. The van der Waals surface area contributed by atoms with Gasteiger partial charge in [-0.15, -0.1) is 11.8 Å². The molecule has 0 amide bonds. The Balaban J connectivity index is 2.35. The third kappa shape index (κ3) is 1.31. The maximum Gasteiger partial charge on any atom is 0.347 e. The molecule has 0 bridgehead atoms. The third-order valence-corrected chi connectivity index (χ3v) is 3.50. The molecule has 1 aromatic heterocycles. The number of aromatic amines is 1. The lowest BCUT2D eigenvalue weighted by atomic mass is 10.3. The van der Waals surface area contributed by atoms with E-state index in [0.717, 1.165) is 28.6 Å². The predicted molar refractivity (Wildman–Crippen MR) is 58.6 cm³/mol. The van der Waals surface area contributed by atoms with Gasteiger partial charge >= 0.3 is 5.69 Å². The van der Waals surface area contributed by atoms with Crippen LogP contribution in [0.5, 0.6) is 0 Å². The van der Waals surface area contributed by atoms with E-state index in [2.05, 4.69) is 10.2 Å². The van der Waals surface area contributed by atoms with E-state index in [0.29, 0.717) is 0 Å². The first-order valence-corrected chi connectivity index (χ1v) is 5.73. The average Bonchev–Trinajstić information content (AvgIpc) is 2.52. The summed E-state index contributed by atoms with van der Waals surface area (Å²) in [5.74, 6) is 1.78. The summed E-state index contributed by atoms with van der Waals surface area (Å²) in [6, 6.07) is 7.92. The topological polar surface area (TPSA) is 50.7 Å². The Morgan fingerprint density at radius 2 is 2.27 bits per heavy atom. The van der Waals surface area contributed by atoms with Crippen LogP contribution < -0.4 is 5.69 Å². The molecule has 0 atom stereocenters. The summed E-state index contributed by atoms with van der Waals surface area (Å²) in [4.78, 5) is 12.8. The van der Waals surface area contributed by atoms with Crippen LogP contribution >= 0.6 is 11.8 Å². The molecule has 4 nitrogen and oxygen atoms in total. The van der Waals surface area contributed by atoms with Gasteiger partial charge in [-0.3, -0.25) is 0 Å². The van der Waals surface area contributed by atoms with Gasteiger partial charge in [0, 0.05) is 17.1 Å². The maximum absolute atomic E-state index is 11.6. The fraction of sp³-hybridized carbons (Fsp3) is 0.200. The quantitative estimate of drug-likeness (QED) is 0.724. The van der Waals surface area contributed by atoms with Gasteiger partial charge < -0.3 is 0 Å². The van der Waals surface area contributed by atoms with Crippen molar-refractivity contribution in [3.8, 4) is 5.69 Å². The number of aryl methyl sites for hydroxylation is 1. The zero-order valence-electron chi connectivity index (χ0n) is 7.93. The predicted octanol–water partition coefficient (Wildman–Crippen LogP) is 1.21. The van der Waals surface area contributed by atoms with Crippen molar-refractivity contribution in [2.45, 2.75) is 11.3 Å². The average molecular weight is 219 g/mol. The van der Waals surface area contributed by atoms with Crippen LogP contribution in [0, 0.1) is 0 Å². The Bertz CT molecular complexity index is 558. The lowest BCUT2D eigenvalue weighted by Gasteiger charge is -2.05. The monoisotopic (exact) mass is 219 g/mol. The summed E-state index contributed by atoms with van der Waals surface area (Å²) in [5.41, 5.74) is 0.786. The van der Waals surface area contributed by atoms with Crippen molar-refractivity contribution >= 4 is 11.8 Å². The summed E-state index contributed by atoms with van der Waals surface area (Å²) in [6.07, 6.45) is 0.818. The summed E-state index contributed by atoms with van der Waals surface area (Å²) in [6.45, 7) is 0. The highest BCUT2D eigenvalue weighted by Gasteiger charge is 2.16. The first kappa shape index (κ1) is 8.79. The minimum Gasteiger partial charge on any atom is -0.246 e. The molecule has 0 unspecified atom stereocenters. The van der Waals surface area contributed by atoms with E-state index in [1.165, 1.54) is 0 Å². The standard InChI is InChI=1S/C10H9N3OS/c14-10-12-11-9-5-6-15-8-4-2-1-3-7(8)13(9)10/h1-4H,5-6H2,(H,12,14). The number of H-pyrrole nitrogens is 1. The van der Waals surface area contributed by atoms with E-state index in [9.17, 15) is 4.79 Å². The summed E-state index contributed by atoms with van der Waals surface area (Å²) in [7, 11) is 0. The Labute approximate surface area is 90.3 Å². The smallest absolute Gasteiger partial charge is 0.246 e. The van der Waals surface area contributed by atoms with Crippen molar-refractivity contribution in [1.29, 1.82) is 0 Å². The second-order valence-electron chi connectivity index (χ2n) is 3.35. The molecule has 15 heavy (non-hydrogen) atoms. The molecule has 2 heterocycles. The van der Waals surface area contributed by atoms with Gasteiger partial charge in [0.15, 0.2) is 0 Å². The fourth-order valence-electron chi connectivity index (χ4n) is 1.76. The Morgan fingerprint density at radius 3 is 3.20 bits per heavy atom. The molecular formula is C10H9N3OS. The van der Waals surface area contributed by atoms with Gasteiger partial charge in [-0.1, -0.05) is 12.1 Å². The van der Waals surface area contributed by atoms with Crippen molar-refractivity contribution in [1.82, 2.24) is 14.8 Å². The van der Waals surface area contributed by atoms with Crippen molar-refractivity contribution in [2.75, 3.05) is 5.75 Å². The molecule has 0 radical (unpaired) electrons. The normalized spacial score (nSPS) is 14.1. The first-order chi connectivity index (χ1) is 7.36. The largest absolute Gasteiger partial charge is 0.347 e. The summed E-state index contributed by atoms with van der Waals surface area (Å²) >= 11 is 1.77. The van der Waals surface area contributed by atoms with Gasteiger partial charge in [0.1, 0.15) is 5.82 Å². The second kappa shape index (κ2) is 3.27. The van der Waals surface area contributed by atoms with Gasteiger partial charge in [0.05, 0.1) is 5.69 Å². The highest BCUT2D eigenvalue weighted by Crippen LogP contribution is 2.28. The minimum atomic E-state index is -0.153. The molecule has 1 aromatic carbocycles. The number of fused-ring (bicyclic) bond motifs is 3. The molecule has 0 fully saturated rings. The van der Waals surface area contributed by atoms with Crippen LogP contribution in [0.4, 0.5) is 0 Å². The highest BCUT2D eigenvalue weighted by molar-refractivity contribution is 7.99. The van der Waals surface area contributed by atoms with Crippen molar-refractivity contribution in [2.24, 2.45) is 0 Å². The Morgan fingerprint density at radius 1 is 1.40 bits per heavy atom. The van der Waals surface area contributed by atoms with E-state index >= 15 is 0 Å². The van der Waals surface area contributed by atoms with Gasteiger partial charge in [-0.2, -0.15) is 5.10 Å². The fourth-order valence-corrected chi connectivity index (χ4v) is 2.75. The molecule has 3 rings (SSSR count). The lowest BCUT2D eigenvalue weighted by molar-refractivity contribution is 0.877. The van der Waals surface area contributed by atoms with E-state index in [-0.39, 0.29) is 5.69 Å². The molecule has 1 aliphatic heterocycles. The minimum absolute atomic E-state index is 0.153. The number of hydrogen-bond donors (Lipinski definition) is 1. The first-order valence-electron chi connectivity index (χ1n) is 4.75. The number of rotatable bonds is 0. The van der Waals surface area contributed by atoms with Crippen LogP contribution in [0.25, 0.3) is 5.69 Å². The number of nitrogens with one attached hydrogen (secondary N) is 1. The number of aromatic nitrogens is 3. The molecule has 0 spiro atoms. The van der Waals surface area contributed by atoms with Crippen LogP contribution in [-0.4, -0.2) is 20.5 Å². The van der Waals surface area contributed by atoms with Gasteiger partial charge in [0.2, 0.25) is 0 Å². The van der Waals surface area contributed by atoms with Crippen LogP contribution in [-0.2, 0) is 6.42 Å². The van der Waals surface area contributed by atoms with Crippen LogP contribution in [0.2, 0.25) is 0 Å². The Hall–Kier alpha value is -1.49. The molecule has 2 aromatic rings. The third-order valence-electron chi connectivity index (χ3n) is 2.43. The summed E-state index contributed by atoms with van der Waals surface area (Å²) < 4.78 is 1.66. The van der Waals surface area contributed by atoms with Gasteiger partial charge in [-0.25, -0.2) is 14.5 Å². The van der Waals surface area contributed by atoms with E-state index in [1.54, 1.807) is 16.3 Å². The molecule has 0 saturated carbocycles. The van der Waals surface area contributed by atoms with E-state index in [4.69, 9.17) is 0 Å².